The van der Waals surface area contributed by atoms with Gasteiger partial charge in [-0.15, -0.1) is 0 Å². The number of carbonyl (C=O) groups excluding carboxylic acids is 2. The number of urea groups is 1. The van der Waals surface area contributed by atoms with Crippen molar-refractivity contribution in [3.8, 4) is 0 Å². The van der Waals surface area contributed by atoms with E-state index in [0.717, 1.165) is 0 Å². The lowest BCUT2D eigenvalue weighted by Crippen LogP contribution is -2.53. The van der Waals surface area contributed by atoms with E-state index in [1.54, 1.807) is 0 Å². The van der Waals surface area contributed by atoms with E-state index in [4.69, 9.17) is 5.11 Å². The van der Waals surface area contributed by atoms with E-state index < -0.39 is 5.97 Å². The molecule has 0 bridgehead atoms. The van der Waals surface area contributed by atoms with Gasteiger partial charge in [0, 0.05) is 26.1 Å². The summed E-state index contributed by atoms with van der Waals surface area (Å²) in [7, 11) is 0. The van der Waals surface area contributed by atoms with E-state index in [0.29, 0.717) is 26.1 Å². The lowest BCUT2D eigenvalue weighted by Gasteiger charge is -2.26. The van der Waals surface area contributed by atoms with Crippen LogP contribution in [0, 0.1) is 0 Å². The lowest BCUT2D eigenvalue weighted by atomic mass is 10.3. The molecule has 1 aliphatic rings. The summed E-state index contributed by atoms with van der Waals surface area (Å²) in [6.07, 6.45) is 0.419. The highest BCUT2D eigenvalue weighted by Gasteiger charge is 2.20. The van der Waals surface area contributed by atoms with Crippen molar-refractivity contribution >= 4 is 17.9 Å². The number of carboxylic acid groups (broad SMARTS) is 1. The minimum atomic E-state index is -0.883. The van der Waals surface area contributed by atoms with Crippen LogP contribution in [-0.2, 0) is 9.59 Å². The maximum atomic E-state index is 11.5. The predicted molar refractivity (Wildman–Crippen MR) is 54.9 cm³/mol. The van der Waals surface area contributed by atoms with Gasteiger partial charge in [-0.2, -0.15) is 0 Å². The van der Waals surface area contributed by atoms with E-state index in [1.165, 1.54) is 4.90 Å². The van der Waals surface area contributed by atoms with Gasteiger partial charge in [0.1, 0.15) is 6.54 Å². The summed E-state index contributed by atoms with van der Waals surface area (Å²) in [6, 6.07) is -0.319. The van der Waals surface area contributed by atoms with Crippen LogP contribution in [0.5, 0.6) is 0 Å². The fourth-order valence-corrected chi connectivity index (χ4v) is 1.36. The molecule has 1 saturated heterocycles. The molecule has 1 heterocycles. The van der Waals surface area contributed by atoms with E-state index in [2.05, 4.69) is 10.6 Å². The maximum Gasteiger partial charge on any atom is 0.317 e. The van der Waals surface area contributed by atoms with Crippen molar-refractivity contribution < 1.29 is 19.5 Å². The summed E-state index contributed by atoms with van der Waals surface area (Å²) in [5.74, 6) is -1.06. The Hall–Kier alpha value is -1.79. The van der Waals surface area contributed by atoms with Crippen LogP contribution in [0.3, 0.4) is 0 Å². The molecule has 0 unspecified atom stereocenters. The van der Waals surface area contributed by atoms with Crippen molar-refractivity contribution in [3.63, 3.8) is 0 Å². The Balaban J connectivity index is 2.19. The monoisotopic (exact) mass is 229 g/mol. The zero-order valence-corrected chi connectivity index (χ0v) is 8.86. The minimum Gasteiger partial charge on any atom is -0.481 e. The van der Waals surface area contributed by atoms with E-state index in [-0.39, 0.29) is 24.9 Å². The molecule has 0 aliphatic carbocycles. The molecule has 0 spiro atoms. The average molecular weight is 229 g/mol. The molecular formula is C9H15N3O4. The normalized spacial score (nSPS) is 15.5. The first kappa shape index (κ1) is 12.3. The second-order valence-corrected chi connectivity index (χ2v) is 3.50. The Morgan fingerprint density at radius 3 is 2.88 bits per heavy atom. The van der Waals surface area contributed by atoms with Gasteiger partial charge < -0.3 is 20.6 Å². The zero-order chi connectivity index (χ0) is 12.0. The summed E-state index contributed by atoms with van der Waals surface area (Å²) >= 11 is 0. The highest BCUT2D eigenvalue weighted by molar-refractivity contribution is 5.85. The quantitative estimate of drug-likeness (QED) is 0.538. The van der Waals surface area contributed by atoms with Crippen molar-refractivity contribution in [1.29, 1.82) is 0 Å². The highest BCUT2D eigenvalue weighted by atomic mass is 16.4. The first-order valence-corrected chi connectivity index (χ1v) is 5.11. The van der Waals surface area contributed by atoms with Gasteiger partial charge in [0.2, 0.25) is 5.91 Å². The van der Waals surface area contributed by atoms with Gasteiger partial charge in [-0.1, -0.05) is 0 Å². The molecule has 0 aromatic heterocycles. The molecule has 0 aromatic carbocycles. The molecule has 1 rings (SSSR count). The third-order valence-electron chi connectivity index (χ3n) is 2.17. The number of amides is 3. The number of carbonyl (C=O) groups is 3. The van der Waals surface area contributed by atoms with Gasteiger partial charge in [-0.3, -0.25) is 9.59 Å². The minimum absolute atomic E-state index is 0.0285. The molecular weight excluding hydrogens is 214 g/mol. The number of aliphatic carboxylic acids is 1. The molecule has 3 amide bonds. The smallest absolute Gasteiger partial charge is 0.317 e. The Morgan fingerprint density at radius 1 is 1.50 bits per heavy atom. The fraction of sp³-hybridized carbons (Fsp3) is 0.667. The van der Waals surface area contributed by atoms with Crippen LogP contribution in [0.2, 0.25) is 0 Å². The first-order chi connectivity index (χ1) is 7.59. The van der Waals surface area contributed by atoms with Crippen LogP contribution >= 0.6 is 0 Å². The standard InChI is InChI=1S/C9H15N3O4/c13-7-6-12(5-4-10-7)9(16)11-3-1-2-8(14)15/h1-6H2,(H,10,13)(H,11,16)(H,14,15). The number of hydrogen-bond donors (Lipinski definition) is 3. The second kappa shape index (κ2) is 5.94. The summed E-state index contributed by atoms with van der Waals surface area (Å²) in [5.41, 5.74) is 0. The van der Waals surface area contributed by atoms with Crippen LogP contribution in [-0.4, -0.2) is 54.1 Å². The second-order valence-electron chi connectivity index (χ2n) is 3.50. The Bertz CT molecular complexity index is 292. The van der Waals surface area contributed by atoms with E-state index in [1.807, 2.05) is 0 Å². The summed E-state index contributed by atoms with van der Waals surface area (Å²) in [6.45, 7) is 1.31. The summed E-state index contributed by atoms with van der Waals surface area (Å²) in [5, 5.41) is 13.6. The van der Waals surface area contributed by atoms with Gasteiger partial charge in [-0.25, -0.2) is 4.79 Å². The molecule has 1 aliphatic heterocycles. The van der Waals surface area contributed by atoms with Crippen molar-refractivity contribution in [1.82, 2.24) is 15.5 Å². The Morgan fingerprint density at radius 2 is 2.25 bits per heavy atom. The van der Waals surface area contributed by atoms with Gasteiger partial charge in [0.25, 0.3) is 0 Å². The molecule has 1 fully saturated rings. The maximum absolute atomic E-state index is 11.5. The van der Waals surface area contributed by atoms with Crippen LogP contribution in [0.15, 0.2) is 0 Å². The molecule has 90 valence electrons. The highest BCUT2D eigenvalue weighted by Crippen LogP contribution is 1.94. The molecule has 0 atom stereocenters. The Kier molecular flexibility index (Phi) is 4.56. The van der Waals surface area contributed by atoms with E-state index >= 15 is 0 Å². The third kappa shape index (κ3) is 4.16. The molecule has 7 nitrogen and oxygen atoms in total. The van der Waals surface area contributed by atoms with Gasteiger partial charge in [-0.05, 0) is 6.42 Å². The Labute approximate surface area is 92.8 Å². The van der Waals surface area contributed by atoms with Crippen LogP contribution < -0.4 is 10.6 Å². The van der Waals surface area contributed by atoms with Gasteiger partial charge >= 0.3 is 12.0 Å². The van der Waals surface area contributed by atoms with Crippen molar-refractivity contribution in [2.24, 2.45) is 0 Å². The number of nitrogens with one attached hydrogen (secondary N) is 2. The number of piperazine rings is 1. The van der Waals surface area contributed by atoms with E-state index in [9.17, 15) is 14.4 Å². The fourth-order valence-electron chi connectivity index (χ4n) is 1.36. The van der Waals surface area contributed by atoms with Crippen molar-refractivity contribution in [2.75, 3.05) is 26.2 Å². The number of rotatable bonds is 4. The van der Waals surface area contributed by atoms with Gasteiger partial charge in [0.05, 0.1) is 0 Å². The van der Waals surface area contributed by atoms with Crippen LogP contribution in [0.1, 0.15) is 12.8 Å². The largest absolute Gasteiger partial charge is 0.481 e. The molecule has 0 radical (unpaired) electrons. The van der Waals surface area contributed by atoms with Crippen LogP contribution in [0.4, 0.5) is 4.79 Å². The third-order valence-corrected chi connectivity index (χ3v) is 2.17. The molecule has 0 saturated carbocycles. The molecule has 0 aromatic rings. The summed E-state index contributed by atoms with van der Waals surface area (Å²) < 4.78 is 0. The number of nitrogens with zero attached hydrogens (tertiary/aromatic N) is 1. The topological polar surface area (TPSA) is 98.7 Å². The van der Waals surface area contributed by atoms with Gasteiger partial charge in [0.15, 0.2) is 0 Å². The number of hydrogen-bond acceptors (Lipinski definition) is 3. The molecule has 3 N–H and O–H groups in total. The SMILES string of the molecule is O=C(O)CCCNC(=O)N1CCNC(=O)C1. The summed E-state index contributed by atoms with van der Waals surface area (Å²) in [4.78, 5) is 34.1. The zero-order valence-electron chi connectivity index (χ0n) is 8.86. The van der Waals surface area contributed by atoms with Crippen molar-refractivity contribution in [3.05, 3.63) is 0 Å². The number of carboxylic acids is 1. The van der Waals surface area contributed by atoms with Crippen molar-refractivity contribution in [2.45, 2.75) is 12.8 Å². The lowest BCUT2D eigenvalue weighted by molar-refractivity contribution is -0.137. The average Bonchev–Trinajstić information content (AvgIpc) is 2.24. The molecule has 16 heavy (non-hydrogen) atoms. The molecule has 7 heteroatoms. The predicted octanol–water partition coefficient (Wildman–Crippen LogP) is -1.01. The first-order valence-electron chi connectivity index (χ1n) is 5.11. The van der Waals surface area contributed by atoms with Crippen LogP contribution in [0.25, 0.3) is 0 Å².